The van der Waals surface area contributed by atoms with Gasteiger partial charge in [-0.25, -0.2) is 0 Å². The molecule has 0 bridgehead atoms. The third-order valence-electron chi connectivity index (χ3n) is 3.73. The van der Waals surface area contributed by atoms with Crippen LogP contribution in [0.15, 0.2) is 28.7 Å². The number of carbonyl (C=O) groups is 1. The van der Waals surface area contributed by atoms with Gasteiger partial charge in [0.2, 0.25) is 5.91 Å². The Morgan fingerprint density at radius 2 is 1.95 bits per heavy atom. The molecule has 0 aliphatic carbocycles. The summed E-state index contributed by atoms with van der Waals surface area (Å²) in [5.41, 5.74) is -0.311. The summed E-state index contributed by atoms with van der Waals surface area (Å²) in [4.78, 5) is 11.9. The topological polar surface area (TPSA) is 49.3 Å². The van der Waals surface area contributed by atoms with Crippen LogP contribution in [0.3, 0.4) is 0 Å². The Bertz CT molecular complexity index is 458. The molecule has 0 unspecified atom stereocenters. The maximum absolute atomic E-state index is 11.9. The number of hydrogen-bond acceptors (Lipinski definition) is 2. The summed E-state index contributed by atoms with van der Waals surface area (Å²) in [6.45, 7) is 8.19. The number of carbonyl (C=O) groups excluding carboxylic acids is 1. The molecule has 2 N–H and O–H groups in total. The standard InChI is InChI=1S/C16H24BrNO2/c1-11(2)12(3)9-15(19)18-10-16(4,20)13-7-5-6-8-14(13)17/h5-8,11-12,20H,9-10H2,1-4H3,(H,18,19)/t12-,16+/m1/s1. The van der Waals surface area contributed by atoms with Crippen molar-refractivity contribution in [2.45, 2.75) is 39.7 Å². The first kappa shape index (κ1) is 17.2. The minimum atomic E-state index is -1.09. The van der Waals surface area contributed by atoms with Gasteiger partial charge in [0.1, 0.15) is 5.60 Å². The van der Waals surface area contributed by atoms with E-state index >= 15 is 0 Å². The van der Waals surface area contributed by atoms with E-state index in [1.54, 1.807) is 6.92 Å². The number of amides is 1. The van der Waals surface area contributed by atoms with Crippen LogP contribution in [0, 0.1) is 11.8 Å². The predicted molar refractivity (Wildman–Crippen MR) is 85.3 cm³/mol. The summed E-state index contributed by atoms with van der Waals surface area (Å²) >= 11 is 3.43. The molecule has 112 valence electrons. The van der Waals surface area contributed by atoms with E-state index in [1.807, 2.05) is 24.3 Å². The fourth-order valence-corrected chi connectivity index (χ4v) is 2.58. The lowest BCUT2D eigenvalue weighted by atomic mass is 9.93. The van der Waals surface area contributed by atoms with E-state index in [2.05, 4.69) is 42.0 Å². The zero-order valence-electron chi connectivity index (χ0n) is 12.6. The lowest BCUT2D eigenvalue weighted by Gasteiger charge is -2.26. The Labute approximate surface area is 129 Å². The predicted octanol–water partition coefficient (Wildman–Crippen LogP) is 3.46. The van der Waals surface area contributed by atoms with Crippen molar-refractivity contribution in [3.05, 3.63) is 34.3 Å². The van der Waals surface area contributed by atoms with E-state index < -0.39 is 5.60 Å². The molecule has 20 heavy (non-hydrogen) atoms. The molecule has 1 aromatic carbocycles. The SMILES string of the molecule is CC(C)[C@H](C)CC(=O)NC[C@](C)(O)c1ccccc1Br. The Balaban J connectivity index is 2.60. The molecule has 0 saturated carbocycles. The van der Waals surface area contributed by atoms with Crippen LogP contribution < -0.4 is 5.32 Å². The van der Waals surface area contributed by atoms with Crippen LogP contribution in [0.2, 0.25) is 0 Å². The summed E-state index contributed by atoms with van der Waals surface area (Å²) in [6.07, 6.45) is 0.490. The highest BCUT2D eigenvalue weighted by Crippen LogP contribution is 2.27. The van der Waals surface area contributed by atoms with Gasteiger partial charge in [0, 0.05) is 10.9 Å². The smallest absolute Gasteiger partial charge is 0.220 e. The molecule has 3 nitrogen and oxygen atoms in total. The van der Waals surface area contributed by atoms with E-state index in [4.69, 9.17) is 0 Å². The number of nitrogens with one attached hydrogen (secondary N) is 1. The van der Waals surface area contributed by atoms with Crippen LogP contribution in [0.1, 0.15) is 39.7 Å². The van der Waals surface area contributed by atoms with Gasteiger partial charge in [0.05, 0.1) is 6.54 Å². The molecule has 0 aliphatic rings. The van der Waals surface area contributed by atoms with Crippen molar-refractivity contribution < 1.29 is 9.90 Å². The molecule has 0 aliphatic heterocycles. The van der Waals surface area contributed by atoms with Crippen molar-refractivity contribution in [1.29, 1.82) is 0 Å². The zero-order valence-corrected chi connectivity index (χ0v) is 14.2. The van der Waals surface area contributed by atoms with Crippen molar-refractivity contribution in [3.8, 4) is 0 Å². The summed E-state index contributed by atoms with van der Waals surface area (Å²) in [5.74, 6) is 0.798. The van der Waals surface area contributed by atoms with Crippen molar-refractivity contribution in [1.82, 2.24) is 5.32 Å². The molecular formula is C16H24BrNO2. The number of aliphatic hydroxyl groups is 1. The maximum Gasteiger partial charge on any atom is 0.220 e. The number of hydrogen-bond donors (Lipinski definition) is 2. The van der Waals surface area contributed by atoms with Gasteiger partial charge in [-0.15, -0.1) is 0 Å². The molecule has 0 spiro atoms. The minimum Gasteiger partial charge on any atom is -0.384 e. The van der Waals surface area contributed by atoms with E-state index in [0.29, 0.717) is 18.3 Å². The Kier molecular flexibility index (Phi) is 6.21. The van der Waals surface area contributed by atoms with Crippen molar-refractivity contribution in [2.75, 3.05) is 6.54 Å². The van der Waals surface area contributed by atoms with E-state index in [-0.39, 0.29) is 12.5 Å². The lowest BCUT2D eigenvalue weighted by molar-refractivity contribution is -0.123. The van der Waals surface area contributed by atoms with Crippen molar-refractivity contribution in [2.24, 2.45) is 11.8 Å². The molecule has 1 aromatic rings. The van der Waals surface area contributed by atoms with E-state index in [9.17, 15) is 9.90 Å². The highest BCUT2D eigenvalue weighted by atomic mass is 79.9. The summed E-state index contributed by atoms with van der Waals surface area (Å²) < 4.78 is 0.842. The summed E-state index contributed by atoms with van der Waals surface area (Å²) in [7, 11) is 0. The Morgan fingerprint density at radius 3 is 2.50 bits per heavy atom. The van der Waals surface area contributed by atoms with Gasteiger partial charge in [-0.2, -0.15) is 0 Å². The minimum absolute atomic E-state index is 0.0153. The second kappa shape index (κ2) is 7.23. The van der Waals surface area contributed by atoms with Crippen LogP contribution in [0.25, 0.3) is 0 Å². The van der Waals surface area contributed by atoms with Crippen LogP contribution in [-0.4, -0.2) is 17.6 Å². The molecule has 2 atom stereocenters. The second-order valence-electron chi connectivity index (χ2n) is 5.96. The van der Waals surface area contributed by atoms with Crippen LogP contribution in [0.4, 0.5) is 0 Å². The third-order valence-corrected chi connectivity index (χ3v) is 4.42. The first-order valence-corrected chi connectivity index (χ1v) is 7.77. The van der Waals surface area contributed by atoms with Crippen molar-refractivity contribution >= 4 is 21.8 Å². The Morgan fingerprint density at radius 1 is 1.35 bits per heavy atom. The maximum atomic E-state index is 11.9. The molecule has 1 amide bonds. The quantitative estimate of drug-likeness (QED) is 0.832. The van der Waals surface area contributed by atoms with E-state index in [0.717, 1.165) is 10.0 Å². The normalized spacial score (nSPS) is 15.8. The molecular weight excluding hydrogens is 318 g/mol. The van der Waals surface area contributed by atoms with Crippen molar-refractivity contribution in [3.63, 3.8) is 0 Å². The average Bonchev–Trinajstić information content (AvgIpc) is 2.36. The summed E-state index contributed by atoms with van der Waals surface area (Å²) in [6, 6.07) is 7.50. The van der Waals surface area contributed by atoms with Gasteiger partial charge in [0.15, 0.2) is 0 Å². The molecule has 4 heteroatoms. The first-order valence-electron chi connectivity index (χ1n) is 6.98. The zero-order chi connectivity index (χ0) is 15.3. The molecule has 0 saturated heterocycles. The van der Waals surface area contributed by atoms with Gasteiger partial charge in [-0.05, 0) is 30.4 Å². The fourth-order valence-electron chi connectivity index (χ4n) is 1.86. The molecule has 1 rings (SSSR count). The highest BCUT2D eigenvalue weighted by molar-refractivity contribution is 9.10. The van der Waals surface area contributed by atoms with Gasteiger partial charge < -0.3 is 10.4 Å². The van der Waals surface area contributed by atoms with Gasteiger partial charge in [-0.1, -0.05) is 54.9 Å². The molecule has 0 fully saturated rings. The highest BCUT2D eigenvalue weighted by Gasteiger charge is 2.26. The Hall–Kier alpha value is -0.870. The van der Waals surface area contributed by atoms with Crippen LogP contribution >= 0.6 is 15.9 Å². The molecule has 0 radical (unpaired) electrons. The molecule has 0 aromatic heterocycles. The van der Waals surface area contributed by atoms with Crippen LogP contribution in [0.5, 0.6) is 0 Å². The molecule has 0 heterocycles. The van der Waals surface area contributed by atoms with Gasteiger partial charge >= 0.3 is 0 Å². The number of halogens is 1. The second-order valence-corrected chi connectivity index (χ2v) is 6.81. The fraction of sp³-hybridized carbons (Fsp3) is 0.562. The van der Waals surface area contributed by atoms with E-state index in [1.165, 1.54) is 0 Å². The number of rotatable bonds is 6. The monoisotopic (exact) mass is 341 g/mol. The van der Waals surface area contributed by atoms with Gasteiger partial charge in [-0.3, -0.25) is 4.79 Å². The first-order chi connectivity index (χ1) is 9.24. The summed E-state index contributed by atoms with van der Waals surface area (Å²) in [5, 5.41) is 13.3. The van der Waals surface area contributed by atoms with Crippen LogP contribution in [-0.2, 0) is 10.4 Å². The average molecular weight is 342 g/mol. The van der Waals surface area contributed by atoms with Gasteiger partial charge in [0.25, 0.3) is 0 Å². The third kappa shape index (κ3) is 4.91. The number of benzene rings is 1. The lowest BCUT2D eigenvalue weighted by Crippen LogP contribution is -2.39. The largest absolute Gasteiger partial charge is 0.384 e.